The number of hydrogen-bond donors (Lipinski definition) is 3. The summed E-state index contributed by atoms with van der Waals surface area (Å²) in [6.07, 6.45) is 0. The first-order valence-corrected chi connectivity index (χ1v) is 7.80. The van der Waals surface area contributed by atoms with Crippen LogP contribution in [0.4, 0.5) is 0 Å². The van der Waals surface area contributed by atoms with Crippen LogP contribution in [0.3, 0.4) is 0 Å². The van der Waals surface area contributed by atoms with Crippen molar-refractivity contribution in [3.63, 3.8) is 0 Å². The maximum Gasteiger partial charge on any atom is 0.251 e. The van der Waals surface area contributed by atoms with Crippen LogP contribution in [0.2, 0.25) is 0 Å². The first-order chi connectivity index (χ1) is 10.8. The molecule has 2 heterocycles. The first kappa shape index (κ1) is 16.9. The average Bonchev–Trinajstić information content (AvgIpc) is 2.42. The third-order valence-corrected chi connectivity index (χ3v) is 3.85. The molecule has 0 bridgehead atoms. The third-order valence-electron chi connectivity index (χ3n) is 2.86. The third kappa shape index (κ3) is 5.06. The van der Waals surface area contributed by atoms with Gasteiger partial charge in [-0.3, -0.25) is 14.4 Å². The molecule has 1 unspecified atom stereocenters. The zero-order valence-corrected chi connectivity index (χ0v) is 13.8. The molecule has 0 spiro atoms. The standard InChI is InChI=1S/C14H17N5O3S/c1-7-4-11(20)19-14(16-7)23-8(2)13(22)15-6-10-5-12(21)18-9(3)17-10/h4-5,8H,6H2,1-3H3,(H,15,22)(H,16,19,20)(H,17,18,21). The van der Waals surface area contributed by atoms with E-state index in [-0.39, 0.29) is 23.6 Å². The first-order valence-electron chi connectivity index (χ1n) is 6.92. The maximum atomic E-state index is 12.1. The monoisotopic (exact) mass is 335 g/mol. The lowest BCUT2D eigenvalue weighted by molar-refractivity contribution is -0.120. The Balaban J connectivity index is 1.97. The summed E-state index contributed by atoms with van der Waals surface area (Å²) in [5.41, 5.74) is 0.562. The van der Waals surface area contributed by atoms with Gasteiger partial charge in [-0.2, -0.15) is 0 Å². The quantitative estimate of drug-likeness (QED) is 0.533. The van der Waals surface area contributed by atoms with Crippen LogP contribution >= 0.6 is 11.8 Å². The number of H-pyrrole nitrogens is 2. The SMILES string of the molecule is Cc1cc(=O)[nH]c(SC(C)C(=O)NCc2cc(=O)[nH]c(C)n2)n1. The van der Waals surface area contributed by atoms with E-state index in [1.54, 1.807) is 20.8 Å². The van der Waals surface area contributed by atoms with E-state index in [0.29, 0.717) is 22.4 Å². The highest BCUT2D eigenvalue weighted by Crippen LogP contribution is 2.18. The second-order valence-corrected chi connectivity index (χ2v) is 6.32. The summed E-state index contributed by atoms with van der Waals surface area (Å²) in [6, 6.07) is 2.72. The highest BCUT2D eigenvalue weighted by molar-refractivity contribution is 8.00. The van der Waals surface area contributed by atoms with E-state index in [1.165, 1.54) is 12.1 Å². The highest BCUT2D eigenvalue weighted by Gasteiger charge is 2.16. The van der Waals surface area contributed by atoms with Crippen LogP contribution in [-0.2, 0) is 11.3 Å². The molecule has 0 radical (unpaired) electrons. The molecule has 0 aromatic carbocycles. The van der Waals surface area contributed by atoms with Gasteiger partial charge in [-0.25, -0.2) is 9.97 Å². The highest BCUT2D eigenvalue weighted by atomic mass is 32.2. The molecule has 1 amide bonds. The van der Waals surface area contributed by atoms with E-state index in [1.807, 2.05) is 0 Å². The Kier molecular flexibility index (Phi) is 5.32. The minimum atomic E-state index is -0.456. The number of aromatic nitrogens is 4. The number of amides is 1. The second-order valence-electron chi connectivity index (χ2n) is 4.99. The minimum absolute atomic E-state index is 0.159. The Morgan fingerprint density at radius 2 is 1.91 bits per heavy atom. The average molecular weight is 335 g/mol. The maximum absolute atomic E-state index is 12.1. The van der Waals surface area contributed by atoms with Crippen LogP contribution < -0.4 is 16.4 Å². The van der Waals surface area contributed by atoms with E-state index in [9.17, 15) is 14.4 Å². The van der Waals surface area contributed by atoms with E-state index in [0.717, 1.165) is 11.8 Å². The number of hydrogen-bond acceptors (Lipinski definition) is 6. The van der Waals surface area contributed by atoms with Gasteiger partial charge >= 0.3 is 0 Å². The lowest BCUT2D eigenvalue weighted by Gasteiger charge is -2.11. The summed E-state index contributed by atoms with van der Waals surface area (Å²) in [5.74, 6) is 0.254. The van der Waals surface area contributed by atoms with E-state index in [4.69, 9.17) is 0 Å². The van der Waals surface area contributed by atoms with Crippen LogP contribution in [-0.4, -0.2) is 31.1 Å². The molecule has 0 aliphatic carbocycles. The van der Waals surface area contributed by atoms with Crippen molar-refractivity contribution >= 4 is 17.7 Å². The number of rotatable bonds is 5. The van der Waals surface area contributed by atoms with Crippen molar-refractivity contribution in [2.75, 3.05) is 0 Å². The summed E-state index contributed by atoms with van der Waals surface area (Å²) in [6.45, 7) is 5.25. The Bertz CT molecular complexity index is 830. The van der Waals surface area contributed by atoms with E-state index < -0.39 is 5.25 Å². The summed E-state index contributed by atoms with van der Waals surface area (Å²) < 4.78 is 0. The molecule has 0 aliphatic rings. The Morgan fingerprint density at radius 1 is 1.22 bits per heavy atom. The molecule has 2 rings (SSSR count). The van der Waals surface area contributed by atoms with Gasteiger partial charge in [0.05, 0.1) is 17.5 Å². The van der Waals surface area contributed by atoms with Crippen molar-refractivity contribution in [1.29, 1.82) is 0 Å². The molecule has 2 aromatic heterocycles. The van der Waals surface area contributed by atoms with Crippen LogP contribution in [0.1, 0.15) is 24.1 Å². The molecule has 1 atom stereocenters. The fourth-order valence-corrected chi connectivity index (χ4v) is 2.76. The fourth-order valence-electron chi connectivity index (χ4n) is 1.88. The Hall–Kier alpha value is -2.42. The molecule has 3 N–H and O–H groups in total. The van der Waals surface area contributed by atoms with Crippen molar-refractivity contribution in [2.24, 2.45) is 0 Å². The van der Waals surface area contributed by atoms with Gasteiger partial charge in [-0.15, -0.1) is 0 Å². The molecule has 0 aliphatic heterocycles. The topological polar surface area (TPSA) is 121 Å². The van der Waals surface area contributed by atoms with Gasteiger partial charge in [-0.05, 0) is 20.8 Å². The normalized spacial score (nSPS) is 12.0. The molecule has 8 nitrogen and oxygen atoms in total. The molecule has 0 fully saturated rings. The van der Waals surface area contributed by atoms with Gasteiger partial charge in [0.15, 0.2) is 5.16 Å². The van der Waals surface area contributed by atoms with Gasteiger partial charge in [0.25, 0.3) is 11.1 Å². The molecule has 9 heteroatoms. The number of aromatic amines is 2. The molecule has 2 aromatic rings. The summed E-state index contributed by atoms with van der Waals surface area (Å²) in [7, 11) is 0. The molecule has 23 heavy (non-hydrogen) atoms. The zero-order valence-electron chi connectivity index (χ0n) is 13.0. The van der Waals surface area contributed by atoms with E-state index >= 15 is 0 Å². The van der Waals surface area contributed by atoms with Gasteiger partial charge in [-0.1, -0.05) is 11.8 Å². The van der Waals surface area contributed by atoms with Crippen molar-refractivity contribution < 1.29 is 4.79 Å². The number of nitrogens with one attached hydrogen (secondary N) is 3. The molecule has 122 valence electrons. The predicted octanol–water partition coefficient (Wildman–Crippen LogP) is 0.267. The Labute approximate surface area is 136 Å². The lowest BCUT2D eigenvalue weighted by atomic mass is 10.3. The smallest absolute Gasteiger partial charge is 0.251 e. The van der Waals surface area contributed by atoms with Crippen LogP contribution in [0, 0.1) is 13.8 Å². The van der Waals surface area contributed by atoms with Crippen molar-refractivity contribution in [3.05, 3.63) is 50.1 Å². The van der Waals surface area contributed by atoms with Crippen LogP contribution in [0.5, 0.6) is 0 Å². The Morgan fingerprint density at radius 3 is 2.57 bits per heavy atom. The van der Waals surface area contributed by atoms with Gasteiger partial charge < -0.3 is 15.3 Å². The van der Waals surface area contributed by atoms with Crippen molar-refractivity contribution in [1.82, 2.24) is 25.3 Å². The van der Waals surface area contributed by atoms with Gasteiger partial charge in [0.2, 0.25) is 5.91 Å². The lowest BCUT2D eigenvalue weighted by Crippen LogP contribution is -2.31. The van der Waals surface area contributed by atoms with Crippen LogP contribution in [0.25, 0.3) is 0 Å². The second kappa shape index (κ2) is 7.23. The van der Waals surface area contributed by atoms with Crippen LogP contribution in [0.15, 0.2) is 26.9 Å². The summed E-state index contributed by atoms with van der Waals surface area (Å²) in [5, 5.41) is 2.64. The summed E-state index contributed by atoms with van der Waals surface area (Å²) >= 11 is 1.15. The minimum Gasteiger partial charge on any atom is -0.349 e. The predicted molar refractivity (Wildman–Crippen MR) is 86.4 cm³/mol. The summed E-state index contributed by atoms with van der Waals surface area (Å²) in [4.78, 5) is 48.2. The molecule has 0 saturated heterocycles. The van der Waals surface area contributed by atoms with Crippen molar-refractivity contribution in [2.45, 2.75) is 37.7 Å². The number of thioether (sulfide) groups is 1. The molecule has 0 saturated carbocycles. The van der Waals surface area contributed by atoms with Gasteiger partial charge in [0.1, 0.15) is 5.82 Å². The van der Waals surface area contributed by atoms with E-state index in [2.05, 4.69) is 25.3 Å². The number of nitrogens with zero attached hydrogens (tertiary/aromatic N) is 2. The number of carbonyl (C=O) groups is 1. The van der Waals surface area contributed by atoms with Crippen molar-refractivity contribution in [3.8, 4) is 0 Å². The number of carbonyl (C=O) groups excluding carboxylic acids is 1. The molecular formula is C14H17N5O3S. The molecular weight excluding hydrogens is 318 g/mol. The largest absolute Gasteiger partial charge is 0.349 e. The fraction of sp³-hybridized carbons (Fsp3) is 0.357. The van der Waals surface area contributed by atoms with Gasteiger partial charge in [0, 0.05) is 17.8 Å². The number of aryl methyl sites for hydroxylation is 2. The zero-order chi connectivity index (χ0) is 17.0.